The van der Waals surface area contributed by atoms with Crippen molar-refractivity contribution in [3.05, 3.63) is 23.0 Å². The van der Waals surface area contributed by atoms with Gasteiger partial charge in [-0.3, -0.25) is 4.79 Å². The molecule has 0 bridgehead atoms. The Morgan fingerprint density at radius 3 is 2.82 bits per heavy atom. The maximum atomic E-state index is 11.9. The molecule has 4 nitrogen and oxygen atoms in total. The monoisotopic (exact) mass is 255 g/mol. The predicted molar refractivity (Wildman–Crippen MR) is 68.4 cm³/mol. The van der Waals surface area contributed by atoms with E-state index in [1.165, 1.54) is 0 Å². The molecular formula is C12H18ClN3O. The SMILES string of the molecule is CCc1nnc(C)cc1C(=O)NCCCCCl. The van der Waals surface area contributed by atoms with Crippen LogP contribution in [-0.4, -0.2) is 28.5 Å². The number of aryl methyl sites for hydroxylation is 2. The van der Waals surface area contributed by atoms with E-state index in [2.05, 4.69) is 15.5 Å². The molecule has 0 atom stereocenters. The number of nitrogens with one attached hydrogen (secondary N) is 1. The molecule has 94 valence electrons. The van der Waals surface area contributed by atoms with E-state index in [0.717, 1.165) is 24.2 Å². The standard InChI is InChI=1S/C12H18ClN3O/c1-3-11-10(8-9(2)15-16-11)12(17)14-7-5-4-6-13/h8H,3-7H2,1-2H3,(H,14,17). The van der Waals surface area contributed by atoms with Crippen molar-refractivity contribution < 1.29 is 4.79 Å². The summed E-state index contributed by atoms with van der Waals surface area (Å²) in [5.74, 6) is 0.556. The van der Waals surface area contributed by atoms with Crippen molar-refractivity contribution in [2.45, 2.75) is 33.1 Å². The summed E-state index contributed by atoms with van der Waals surface area (Å²) in [6.07, 6.45) is 2.52. The van der Waals surface area contributed by atoms with Crippen LogP contribution in [0.1, 0.15) is 41.5 Å². The molecule has 0 saturated heterocycles. The molecule has 0 aliphatic carbocycles. The molecule has 0 unspecified atom stereocenters. The van der Waals surface area contributed by atoms with E-state index in [0.29, 0.717) is 24.4 Å². The summed E-state index contributed by atoms with van der Waals surface area (Å²) in [6, 6.07) is 1.78. The van der Waals surface area contributed by atoms with Crippen molar-refractivity contribution in [1.82, 2.24) is 15.5 Å². The number of nitrogens with zero attached hydrogens (tertiary/aromatic N) is 2. The van der Waals surface area contributed by atoms with E-state index < -0.39 is 0 Å². The van der Waals surface area contributed by atoms with Gasteiger partial charge in [0, 0.05) is 12.4 Å². The number of hydrogen-bond donors (Lipinski definition) is 1. The Morgan fingerprint density at radius 2 is 2.18 bits per heavy atom. The lowest BCUT2D eigenvalue weighted by atomic mass is 10.1. The zero-order valence-electron chi connectivity index (χ0n) is 10.3. The van der Waals surface area contributed by atoms with Gasteiger partial charge in [0.15, 0.2) is 0 Å². The lowest BCUT2D eigenvalue weighted by Gasteiger charge is -2.08. The molecule has 0 aliphatic heterocycles. The fraction of sp³-hybridized carbons (Fsp3) is 0.583. The molecule has 1 rings (SSSR count). The van der Waals surface area contributed by atoms with Gasteiger partial charge in [-0.15, -0.1) is 11.6 Å². The van der Waals surface area contributed by atoms with Gasteiger partial charge in [-0.05, 0) is 32.3 Å². The molecule has 1 aromatic heterocycles. The van der Waals surface area contributed by atoms with E-state index >= 15 is 0 Å². The molecule has 17 heavy (non-hydrogen) atoms. The zero-order chi connectivity index (χ0) is 12.7. The van der Waals surface area contributed by atoms with Gasteiger partial charge in [0.2, 0.25) is 0 Å². The van der Waals surface area contributed by atoms with Crippen LogP contribution in [0.25, 0.3) is 0 Å². The van der Waals surface area contributed by atoms with E-state index in [1.54, 1.807) is 6.07 Å². The number of aromatic nitrogens is 2. The predicted octanol–water partition coefficient (Wildman–Crippen LogP) is 2.10. The van der Waals surface area contributed by atoms with Crippen LogP contribution in [-0.2, 0) is 6.42 Å². The molecule has 0 aromatic carbocycles. The van der Waals surface area contributed by atoms with E-state index in [1.807, 2.05) is 13.8 Å². The number of halogens is 1. The smallest absolute Gasteiger partial charge is 0.253 e. The zero-order valence-corrected chi connectivity index (χ0v) is 11.0. The minimum Gasteiger partial charge on any atom is -0.352 e. The lowest BCUT2D eigenvalue weighted by molar-refractivity contribution is 0.0951. The Bertz CT molecular complexity index is 382. The van der Waals surface area contributed by atoms with Gasteiger partial charge < -0.3 is 5.32 Å². The van der Waals surface area contributed by atoms with Crippen LogP contribution in [0.2, 0.25) is 0 Å². The van der Waals surface area contributed by atoms with E-state index in [4.69, 9.17) is 11.6 Å². The third kappa shape index (κ3) is 4.30. The molecule has 1 N–H and O–H groups in total. The van der Waals surface area contributed by atoms with Crippen LogP contribution < -0.4 is 5.32 Å². The topological polar surface area (TPSA) is 54.9 Å². The second-order valence-corrected chi connectivity index (χ2v) is 4.23. The van der Waals surface area contributed by atoms with E-state index in [-0.39, 0.29) is 5.91 Å². The van der Waals surface area contributed by atoms with Crippen molar-refractivity contribution in [3.8, 4) is 0 Å². The maximum absolute atomic E-state index is 11.9. The van der Waals surface area contributed by atoms with Crippen molar-refractivity contribution in [1.29, 1.82) is 0 Å². The van der Waals surface area contributed by atoms with E-state index in [9.17, 15) is 4.79 Å². The summed E-state index contributed by atoms with van der Waals surface area (Å²) >= 11 is 5.57. The minimum absolute atomic E-state index is 0.0746. The summed E-state index contributed by atoms with van der Waals surface area (Å²) in [4.78, 5) is 11.9. The summed E-state index contributed by atoms with van der Waals surface area (Å²) in [6.45, 7) is 4.44. The van der Waals surface area contributed by atoms with Gasteiger partial charge in [-0.2, -0.15) is 10.2 Å². The highest BCUT2D eigenvalue weighted by molar-refractivity contribution is 6.17. The fourth-order valence-corrected chi connectivity index (χ4v) is 1.68. The van der Waals surface area contributed by atoms with Gasteiger partial charge in [-0.1, -0.05) is 6.92 Å². The minimum atomic E-state index is -0.0746. The molecule has 0 fully saturated rings. The summed E-state index contributed by atoms with van der Waals surface area (Å²) in [5.41, 5.74) is 2.13. The third-order valence-corrected chi connectivity index (χ3v) is 2.69. The van der Waals surface area contributed by atoms with Crippen LogP contribution in [0.5, 0.6) is 0 Å². The largest absolute Gasteiger partial charge is 0.352 e. The Hall–Kier alpha value is -1.16. The average molecular weight is 256 g/mol. The van der Waals surface area contributed by atoms with Gasteiger partial charge >= 0.3 is 0 Å². The first kappa shape index (κ1) is 13.9. The van der Waals surface area contributed by atoms with Crippen molar-refractivity contribution in [2.24, 2.45) is 0 Å². The van der Waals surface area contributed by atoms with Crippen LogP contribution in [0.15, 0.2) is 6.07 Å². The van der Waals surface area contributed by atoms with Gasteiger partial charge in [0.1, 0.15) is 0 Å². The first-order valence-electron chi connectivity index (χ1n) is 5.86. The highest BCUT2D eigenvalue weighted by atomic mass is 35.5. The number of rotatable bonds is 6. The average Bonchev–Trinajstić information content (AvgIpc) is 2.34. The van der Waals surface area contributed by atoms with Crippen molar-refractivity contribution in [3.63, 3.8) is 0 Å². The number of amides is 1. The number of unbranched alkanes of at least 4 members (excludes halogenated alkanes) is 1. The van der Waals surface area contributed by atoms with Crippen LogP contribution in [0.3, 0.4) is 0 Å². The Labute approximate surface area is 107 Å². The quantitative estimate of drug-likeness (QED) is 0.626. The third-order valence-electron chi connectivity index (χ3n) is 2.42. The molecule has 0 spiro atoms. The molecular weight excluding hydrogens is 238 g/mol. The fourth-order valence-electron chi connectivity index (χ4n) is 1.49. The molecule has 1 heterocycles. The van der Waals surface area contributed by atoms with Crippen molar-refractivity contribution in [2.75, 3.05) is 12.4 Å². The van der Waals surface area contributed by atoms with Crippen molar-refractivity contribution >= 4 is 17.5 Å². The Balaban J connectivity index is 2.64. The van der Waals surface area contributed by atoms with Crippen LogP contribution in [0.4, 0.5) is 0 Å². The normalized spacial score (nSPS) is 10.3. The highest BCUT2D eigenvalue weighted by Crippen LogP contribution is 2.07. The highest BCUT2D eigenvalue weighted by Gasteiger charge is 2.11. The second kappa shape index (κ2) is 7.22. The molecule has 0 radical (unpaired) electrons. The number of alkyl halides is 1. The van der Waals surface area contributed by atoms with Gasteiger partial charge in [0.25, 0.3) is 5.91 Å². The lowest BCUT2D eigenvalue weighted by Crippen LogP contribution is -2.26. The Morgan fingerprint density at radius 1 is 1.41 bits per heavy atom. The number of hydrogen-bond acceptors (Lipinski definition) is 3. The van der Waals surface area contributed by atoms with Gasteiger partial charge in [-0.25, -0.2) is 0 Å². The Kier molecular flexibility index (Phi) is 5.91. The molecule has 0 aliphatic rings. The second-order valence-electron chi connectivity index (χ2n) is 3.85. The molecule has 0 saturated carbocycles. The maximum Gasteiger partial charge on any atom is 0.253 e. The molecule has 5 heteroatoms. The summed E-state index contributed by atoms with van der Waals surface area (Å²) in [5, 5.41) is 10.9. The molecule has 1 amide bonds. The summed E-state index contributed by atoms with van der Waals surface area (Å²) in [7, 11) is 0. The van der Waals surface area contributed by atoms with Crippen LogP contribution >= 0.6 is 11.6 Å². The number of carbonyl (C=O) groups is 1. The molecule has 1 aromatic rings. The summed E-state index contributed by atoms with van der Waals surface area (Å²) < 4.78 is 0. The number of carbonyl (C=O) groups excluding carboxylic acids is 1. The first-order valence-corrected chi connectivity index (χ1v) is 6.39. The first-order chi connectivity index (χ1) is 8.19. The van der Waals surface area contributed by atoms with Crippen LogP contribution in [0, 0.1) is 6.92 Å². The van der Waals surface area contributed by atoms with Gasteiger partial charge in [0.05, 0.1) is 17.0 Å².